The average molecular weight is 462 g/mol. The molecule has 0 spiro atoms. The van der Waals surface area contributed by atoms with Crippen LogP contribution in [0.3, 0.4) is 0 Å². The van der Waals surface area contributed by atoms with E-state index in [0.717, 1.165) is 32.0 Å². The topological polar surface area (TPSA) is 65.7 Å². The summed E-state index contributed by atoms with van der Waals surface area (Å²) in [5, 5.41) is 9.19. The summed E-state index contributed by atoms with van der Waals surface area (Å²) in [4.78, 5) is 12.4. The zero-order valence-corrected chi connectivity index (χ0v) is 19.6. The summed E-state index contributed by atoms with van der Waals surface area (Å²) in [5.41, 5.74) is 2.89. The lowest BCUT2D eigenvalue weighted by Crippen LogP contribution is -2.30. The van der Waals surface area contributed by atoms with E-state index in [9.17, 15) is 4.79 Å². The quantitative estimate of drug-likeness (QED) is 0.486. The van der Waals surface area contributed by atoms with E-state index in [1.54, 1.807) is 6.20 Å². The molecule has 0 fully saturated rings. The first-order chi connectivity index (χ1) is 13.4. The Labute approximate surface area is 179 Å². The Bertz CT molecular complexity index is 1060. The molecule has 7 heteroatoms. The van der Waals surface area contributed by atoms with E-state index in [-0.39, 0.29) is 12.6 Å². The Morgan fingerprint density at radius 1 is 1.21 bits per heavy atom. The van der Waals surface area contributed by atoms with Gasteiger partial charge in [0, 0.05) is 15.4 Å². The predicted octanol–water partition coefficient (Wildman–Crippen LogP) is 5.40. The highest BCUT2D eigenvalue weighted by atomic mass is 79.9. The van der Waals surface area contributed by atoms with Gasteiger partial charge in [0.2, 0.25) is 0 Å². The first kappa shape index (κ1) is 21.7. The van der Waals surface area contributed by atoms with Crippen molar-refractivity contribution in [3.8, 4) is 0 Å². The molecule has 2 aromatic heterocycles. The predicted molar refractivity (Wildman–Crippen MR) is 117 cm³/mol. The highest BCUT2D eigenvalue weighted by Gasteiger charge is 2.29. The molecule has 0 radical (unpaired) electrons. The van der Waals surface area contributed by atoms with Crippen LogP contribution in [0.25, 0.3) is 16.4 Å². The largest absolute Gasteiger partial charge is 0.462 e. The first-order valence-corrected chi connectivity index (χ1v) is 10.4. The number of fused-ring (bicyclic) bond motifs is 3. The van der Waals surface area contributed by atoms with Crippen molar-refractivity contribution in [2.75, 3.05) is 6.61 Å². The first-order valence-electron chi connectivity index (χ1n) is 9.65. The van der Waals surface area contributed by atoms with Crippen molar-refractivity contribution in [1.82, 2.24) is 14.8 Å². The third-order valence-electron chi connectivity index (χ3n) is 4.55. The van der Waals surface area contributed by atoms with Gasteiger partial charge >= 0.3 is 5.97 Å². The number of aryl methyl sites for hydroxylation is 1. The molecule has 0 saturated carbocycles. The molecular weight excluding hydrogens is 434 g/mol. The lowest BCUT2D eigenvalue weighted by atomic mass is 9.97. The molecule has 0 saturated heterocycles. The molecule has 0 N–H and O–H groups in total. The molecule has 0 amide bonds. The molecule has 6 nitrogen and oxygen atoms in total. The van der Waals surface area contributed by atoms with E-state index in [2.05, 4.69) is 32.3 Å². The van der Waals surface area contributed by atoms with Crippen molar-refractivity contribution < 1.29 is 14.3 Å². The minimum atomic E-state index is -0.569. The molecule has 0 unspecified atom stereocenters. The zero-order valence-electron chi connectivity index (χ0n) is 18.0. The van der Waals surface area contributed by atoms with Gasteiger partial charge in [0.25, 0.3) is 0 Å². The normalized spacial score (nSPS) is 13.8. The van der Waals surface area contributed by atoms with Gasteiger partial charge in [0.15, 0.2) is 0 Å². The molecule has 0 aliphatic rings. The monoisotopic (exact) mass is 461 g/mol. The SMILES string of the molecule is Cc1cc2c(ccc3cnnn32)c(Br)c1[C@@H](COC(=O)C(C)(C)C)OC(C)(C)C. The third kappa shape index (κ3) is 4.61. The second kappa shape index (κ2) is 7.69. The number of carbonyl (C=O) groups excluding carboxylic acids is 1. The lowest BCUT2D eigenvalue weighted by Gasteiger charge is -2.30. The maximum Gasteiger partial charge on any atom is 0.311 e. The molecule has 3 rings (SSSR count). The highest BCUT2D eigenvalue weighted by molar-refractivity contribution is 9.10. The summed E-state index contributed by atoms with van der Waals surface area (Å²) in [5.74, 6) is -0.251. The van der Waals surface area contributed by atoms with Gasteiger partial charge in [-0.3, -0.25) is 4.79 Å². The highest BCUT2D eigenvalue weighted by Crippen LogP contribution is 2.38. The molecule has 29 heavy (non-hydrogen) atoms. The van der Waals surface area contributed by atoms with Crippen LogP contribution in [0.5, 0.6) is 0 Å². The second-order valence-electron chi connectivity index (χ2n) is 9.33. The van der Waals surface area contributed by atoms with Crippen molar-refractivity contribution in [3.63, 3.8) is 0 Å². The third-order valence-corrected chi connectivity index (χ3v) is 5.40. The summed E-state index contributed by atoms with van der Waals surface area (Å²) < 4.78 is 14.7. The Morgan fingerprint density at radius 2 is 1.90 bits per heavy atom. The van der Waals surface area contributed by atoms with E-state index in [0.29, 0.717) is 0 Å². The second-order valence-corrected chi connectivity index (χ2v) is 10.1. The van der Waals surface area contributed by atoms with E-state index in [4.69, 9.17) is 9.47 Å². The number of hydrogen-bond acceptors (Lipinski definition) is 5. The van der Waals surface area contributed by atoms with Gasteiger partial charge in [0.1, 0.15) is 12.7 Å². The average Bonchev–Trinajstić information content (AvgIpc) is 3.06. The van der Waals surface area contributed by atoms with Crippen molar-refractivity contribution in [2.24, 2.45) is 5.41 Å². The Morgan fingerprint density at radius 3 is 2.52 bits per heavy atom. The van der Waals surface area contributed by atoms with E-state index in [1.807, 2.05) is 65.1 Å². The van der Waals surface area contributed by atoms with Crippen LogP contribution < -0.4 is 0 Å². The van der Waals surface area contributed by atoms with E-state index >= 15 is 0 Å². The zero-order chi connectivity index (χ0) is 21.6. The number of nitrogens with zero attached hydrogens (tertiary/aromatic N) is 3. The van der Waals surface area contributed by atoms with Gasteiger partial charge in [-0.25, -0.2) is 4.52 Å². The molecule has 1 atom stereocenters. The maximum atomic E-state index is 12.4. The van der Waals surface area contributed by atoms with Gasteiger partial charge in [0.05, 0.1) is 28.2 Å². The van der Waals surface area contributed by atoms with Crippen molar-refractivity contribution in [3.05, 3.63) is 40.0 Å². The van der Waals surface area contributed by atoms with E-state index < -0.39 is 17.1 Å². The summed E-state index contributed by atoms with van der Waals surface area (Å²) in [6, 6.07) is 6.09. The maximum absolute atomic E-state index is 12.4. The van der Waals surface area contributed by atoms with Gasteiger partial charge in [-0.2, -0.15) is 0 Å². The summed E-state index contributed by atoms with van der Waals surface area (Å²) in [6.07, 6.45) is 1.32. The molecule has 0 aliphatic carbocycles. The van der Waals surface area contributed by atoms with Gasteiger partial charge < -0.3 is 9.47 Å². The number of ether oxygens (including phenoxy) is 2. The molecule has 1 aromatic carbocycles. The van der Waals surface area contributed by atoms with Gasteiger partial charge in [-0.05, 0) is 88.2 Å². The minimum Gasteiger partial charge on any atom is -0.462 e. The standard InChI is InChI=1S/C22H28BrN3O3/c1-13-10-16-15(9-8-14-11-24-25-26(14)16)19(23)18(13)17(29-22(5,6)7)12-28-20(27)21(2,3)4/h8-11,17H,12H2,1-7H3/t17-/m1/s1. The smallest absolute Gasteiger partial charge is 0.311 e. The van der Waals surface area contributed by atoms with Crippen LogP contribution in [0.4, 0.5) is 0 Å². The lowest BCUT2D eigenvalue weighted by molar-refractivity contribution is -0.162. The molecular formula is C22H28BrN3O3. The fraction of sp³-hybridized carbons (Fsp3) is 0.500. The number of benzene rings is 1. The number of carbonyl (C=O) groups is 1. The van der Waals surface area contributed by atoms with E-state index in [1.165, 1.54) is 0 Å². The molecule has 3 aromatic rings. The summed E-state index contributed by atoms with van der Waals surface area (Å²) >= 11 is 3.78. The number of pyridine rings is 1. The Hall–Kier alpha value is -1.99. The van der Waals surface area contributed by atoms with Crippen LogP contribution in [0.2, 0.25) is 0 Å². The summed E-state index contributed by atoms with van der Waals surface area (Å²) in [7, 11) is 0. The fourth-order valence-electron chi connectivity index (χ4n) is 3.20. The number of aromatic nitrogens is 3. The van der Waals surface area contributed by atoms with Crippen LogP contribution in [0, 0.1) is 12.3 Å². The molecule has 156 valence electrons. The number of halogens is 1. The number of hydrogen-bond donors (Lipinski definition) is 0. The number of rotatable bonds is 4. The number of esters is 1. The Balaban J connectivity index is 2.08. The van der Waals surface area contributed by atoms with Crippen LogP contribution in [-0.4, -0.2) is 33.0 Å². The van der Waals surface area contributed by atoms with Crippen LogP contribution in [-0.2, 0) is 14.3 Å². The van der Waals surface area contributed by atoms with Crippen molar-refractivity contribution >= 4 is 38.3 Å². The van der Waals surface area contributed by atoms with Crippen LogP contribution >= 0.6 is 15.9 Å². The fourth-order valence-corrected chi connectivity index (χ4v) is 4.11. The van der Waals surface area contributed by atoms with Crippen molar-refractivity contribution in [2.45, 2.75) is 60.2 Å². The Kier molecular flexibility index (Phi) is 5.75. The van der Waals surface area contributed by atoms with Crippen LogP contribution in [0.15, 0.2) is 28.9 Å². The van der Waals surface area contributed by atoms with Crippen LogP contribution in [0.1, 0.15) is 58.8 Å². The van der Waals surface area contributed by atoms with Gasteiger partial charge in [-0.1, -0.05) is 5.21 Å². The minimum absolute atomic E-state index is 0.143. The molecule has 0 bridgehead atoms. The molecule has 2 heterocycles. The molecule has 0 aliphatic heterocycles. The van der Waals surface area contributed by atoms with Crippen molar-refractivity contribution in [1.29, 1.82) is 0 Å². The summed E-state index contributed by atoms with van der Waals surface area (Å²) in [6.45, 7) is 13.7. The van der Waals surface area contributed by atoms with Gasteiger partial charge in [-0.15, -0.1) is 5.10 Å².